The number of alkyl halides is 3. The molecule has 2 aromatic rings. The van der Waals surface area contributed by atoms with Crippen molar-refractivity contribution in [3.05, 3.63) is 59.2 Å². The van der Waals surface area contributed by atoms with Crippen LogP contribution >= 0.6 is 0 Å². The zero-order valence-electron chi connectivity index (χ0n) is 11.3. The lowest BCUT2D eigenvalue weighted by molar-refractivity contribution is -0.139. The second kappa shape index (κ2) is 5.84. The third-order valence-corrected chi connectivity index (χ3v) is 3.16. The summed E-state index contributed by atoms with van der Waals surface area (Å²) in [7, 11) is 0. The maximum Gasteiger partial charge on any atom is 0.419 e. The first-order valence-corrected chi connectivity index (χ1v) is 6.48. The van der Waals surface area contributed by atoms with Crippen molar-refractivity contribution >= 4 is 0 Å². The smallest absolute Gasteiger partial charge is 0.206 e. The molecular weight excluding hydrogens is 287 g/mol. The molecule has 2 aromatic carbocycles. The molecule has 0 nitrogen and oxygen atoms in total. The van der Waals surface area contributed by atoms with Gasteiger partial charge in [0.1, 0.15) is 11.6 Å². The highest BCUT2D eigenvalue weighted by Gasteiger charge is 2.34. The summed E-state index contributed by atoms with van der Waals surface area (Å²) in [5, 5.41) is 0. The number of rotatable bonds is 3. The van der Waals surface area contributed by atoms with Gasteiger partial charge in [-0.15, -0.1) is 0 Å². The van der Waals surface area contributed by atoms with Crippen LogP contribution in [0.1, 0.15) is 24.5 Å². The van der Waals surface area contributed by atoms with E-state index >= 15 is 0 Å². The lowest BCUT2D eigenvalue weighted by atomic mass is 10.00. The van der Waals surface area contributed by atoms with Gasteiger partial charge < -0.3 is 0 Å². The van der Waals surface area contributed by atoms with E-state index in [9.17, 15) is 22.0 Å². The van der Waals surface area contributed by atoms with Gasteiger partial charge in [0.15, 0.2) is 0 Å². The van der Waals surface area contributed by atoms with Crippen LogP contribution in [0.5, 0.6) is 0 Å². The Bertz CT molecular complexity index is 644. The van der Waals surface area contributed by atoms with E-state index in [0.717, 1.165) is 18.1 Å². The van der Waals surface area contributed by atoms with Gasteiger partial charge in [-0.1, -0.05) is 31.5 Å². The third-order valence-electron chi connectivity index (χ3n) is 3.16. The Labute approximate surface area is 119 Å². The van der Waals surface area contributed by atoms with E-state index in [-0.39, 0.29) is 11.1 Å². The lowest BCUT2D eigenvalue weighted by Gasteiger charge is -2.10. The van der Waals surface area contributed by atoms with Gasteiger partial charge in [-0.2, -0.15) is 13.2 Å². The van der Waals surface area contributed by atoms with Crippen LogP contribution in [-0.2, 0) is 12.6 Å². The van der Waals surface area contributed by atoms with Crippen LogP contribution < -0.4 is 0 Å². The maximum atomic E-state index is 14.0. The van der Waals surface area contributed by atoms with Crippen LogP contribution in [0.25, 0.3) is 11.1 Å². The predicted octanol–water partition coefficient (Wildman–Crippen LogP) is 5.60. The zero-order valence-corrected chi connectivity index (χ0v) is 11.3. The predicted molar refractivity (Wildman–Crippen MR) is 70.8 cm³/mol. The van der Waals surface area contributed by atoms with Crippen LogP contribution in [0, 0.1) is 11.6 Å². The molecule has 0 saturated heterocycles. The maximum absolute atomic E-state index is 14.0. The molecule has 0 saturated carbocycles. The number of aryl methyl sites for hydroxylation is 1. The van der Waals surface area contributed by atoms with Crippen molar-refractivity contribution in [2.45, 2.75) is 25.9 Å². The minimum Gasteiger partial charge on any atom is -0.206 e. The Hall–Kier alpha value is -1.91. The normalized spacial score (nSPS) is 11.7. The van der Waals surface area contributed by atoms with Gasteiger partial charge in [-0.3, -0.25) is 0 Å². The molecule has 0 radical (unpaired) electrons. The van der Waals surface area contributed by atoms with Crippen LogP contribution in [0.15, 0.2) is 36.4 Å². The molecule has 0 aliphatic rings. The number of benzene rings is 2. The van der Waals surface area contributed by atoms with Crippen molar-refractivity contribution in [1.29, 1.82) is 0 Å². The molecule has 0 heterocycles. The molecular formula is C16H13F5. The average Bonchev–Trinajstić information content (AvgIpc) is 2.37. The molecule has 0 amide bonds. The summed E-state index contributed by atoms with van der Waals surface area (Å²) in [5.41, 5.74) is -0.385. The van der Waals surface area contributed by atoms with Gasteiger partial charge in [0.25, 0.3) is 0 Å². The molecule has 21 heavy (non-hydrogen) atoms. The van der Waals surface area contributed by atoms with E-state index in [2.05, 4.69) is 0 Å². The van der Waals surface area contributed by atoms with Gasteiger partial charge in [0.05, 0.1) is 5.56 Å². The van der Waals surface area contributed by atoms with Crippen LogP contribution in [0.3, 0.4) is 0 Å². The molecule has 0 unspecified atom stereocenters. The molecule has 0 aromatic heterocycles. The number of hydrogen-bond acceptors (Lipinski definition) is 0. The highest BCUT2D eigenvalue weighted by molar-refractivity contribution is 5.65. The Morgan fingerprint density at radius 2 is 1.62 bits per heavy atom. The monoisotopic (exact) mass is 300 g/mol. The largest absolute Gasteiger partial charge is 0.419 e. The van der Waals surface area contributed by atoms with Crippen molar-refractivity contribution in [2.75, 3.05) is 0 Å². The first-order chi connectivity index (χ1) is 9.82. The van der Waals surface area contributed by atoms with Gasteiger partial charge in [-0.25, -0.2) is 8.78 Å². The fourth-order valence-corrected chi connectivity index (χ4v) is 2.15. The van der Waals surface area contributed by atoms with Gasteiger partial charge in [0.2, 0.25) is 0 Å². The number of hydrogen-bond donors (Lipinski definition) is 0. The third kappa shape index (κ3) is 3.40. The molecule has 0 bridgehead atoms. The summed E-state index contributed by atoms with van der Waals surface area (Å²) in [6, 6.07) is 6.89. The van der Waals surface area contributed by atoms with Crippen molar-refractivity contribution in [3.63, 3.8) is 0 Å². The van der Waals surface area contributed by atoms with Crippen LogP contribution in [0.2, 0.25) is 0 Å². The summed E-state index contributed by atoms with van der Waals surface area (Å²) >= 11 is 0. The van der Waals surface area contributed by atoms with Gasteiger partial charge >= 0.3 is 6.18 Å². The van der Waals surface area contributed by atoms with E-state index in [1.807, 2.05) is 6.92 Å². The molecule has 5 heteroatoms. The van der Waals surface area contributed by atoms with E-state index in [4.69, 9.17) is 0 Å². The van der Waals surface area contributed by atoms with Crippen LogP contribution in [0.4, 0.5) is 22.0 Å². The molecule has 0 fully saturated rings. The Morgan fingerprint density at radius 3 is 2.14 bits per heavy atom. The summed E-state index contributed by atoms with van der Waals surface area (Å²) in [6.45, 7) is 1.96. The zero-order chi connectivity index (χ0) is 15.6. The van der Waals surface area contributed by atoms with E-state index < -0.39 is 23.4 Å². The second-order valence-electron chi connectivity index (χ2n) is 4.76. The Balaban J connectivity index is 2.41. The Kier molecular flexibility index (Phi) is 4.30. The second-order valence-corrected chi connectivity index (χ2v) is 4.76. The quantitative estimate of drug-likeness (QED) is 0.647. The Morgan fingerprint density at radius 1 is 0.905 bits per heavy atom. The van der Waals surface area contributed by atoms with Crippen molar-refractivity contribution in [3.8, 4) is 11.1 Å². The fourth-order valence-electron chi connectivity index (χ4n) is 2.15. The molecule has 0 N–H and O–H groups in total. The average molecular weight is 300 g/mol. The summed E-state index contributed by atoms with van der Waals surface area (Å²) in [5.74, 6) is -1.97. The molecule has 0 spiro atoms. The van der Waals surface area contributed by atoms with Crippen molar-refractivity contribution in [2.24, 2.45) is 0 Å². The minimum atomic E-state index is -4.76. The van der Waals surface area contributed by atoms with E-state index in [1.54, 1.807) is 6.07 Å². The summed E-state index contributed by atoms with van der Waals surface area (Å²) < 4.78 is 65.0. The van der Waals surface area contributed by atoms with Gasteiger partial charge in [0, 0.05) is 5.56 Å². The lowest BCUT2D eigenvalue weighted by Crippen LogP contribution is -2.07. The van der Waals surface area contributed by atoms with Crippen molar-refractivity contribution < 1.29 is 22.0 Å². The summed E-state index contributed by atoms with van der Waals surface area (Å²) in [6.07, 6.45) is -3.20. The minimum absolute atomic E-state index is 0.0843. The molecule has 0 atom stereocenters. The van der Waals surface area contributed by atoms with Gasteiger partial charge in [-0.05, 0) is 35.7 Å². The summed E-state index contributed by atoms with van der Waals surface area (Å²) in [4.78, 5) is 0. The molecule has 112 valence electrons. The highest BCUT2D eigenvalue weighted by Crippen LogP contribution is 2.34. The first kappa shape index (κ1) is 15.5. The topological polar surface area (TPSA) is 0 Å². The van der Waals surface area contributed by atoms with Crippen LogP contribution in [-0.4, -0.2) is 0 Å². The standard InChI is InChI=1S/C16H13F5/c1-2-3-10-4-6-12(14(17)8-10)11-5-7-13(15(18)9-11)16(19,20)21/h4-9H,2-3H2,1H3. The number of halogens is 5. The van der Waals surface area contributed by atoms with Crippen molar-refractivity contribution in [1.82, 2.24) is 0 Å². The highest BCUT2D eigenvalue weighted by atomic mass is 19.4. The molecule has 2 rings (SSSR count). The van der Waals surface area contributed by atoms with E-state index in [1.165, 1.54) is 12.1 Å². The van der Waals surface area contributed by atoms with E-state index in [0.29, 0.717) is 18.6 Å². The SMILES string of the molecule is CCCc1ccc(-c2ccc(C(F)(F)F)c(F)c2)c(F)c1. The first-order valence-electron chi connectivity index (χ1n) is 6.48. The fraction of sp³-hybridized carbons (Fsp3) is 0.250. The molecule has 0 aliphatic carbocycles. The molecule has 0 aliphatic heterocycles.